The van der Waals surface area contributed by atoms with Crippen LogP contribution in [0.5, 0.6) is 0 Å². The second-order valence-electron chi connectivity index (χ2n) is 2.70. The van der Waals surface area contributed by atoms with Crippen molar-refractivity contribution in [1.29, 1.82) is 0 Å². The van der Waals surface area contributed by atoms with Crippen molar-refractivity contribution in [3.05, 3.63) is 18.6 Å². The first-order valence-corrected chi connectivity index (χ1v) is 4.14. The van der Waals surface area contributed by atoms with E-state index < -0.39 is 0 Å². The fraction of sp³-hybridized carbons (Fsp3) is 0.250. The number of anilines is 2. The third-order valence-corrected chi connectivity index (χ3v) is 1.76. The van der Waals surface area contributed by atoms with Crippen LogP contribution in [0.2, 0.25) is 0 Å². The van der Waals surface area contributed by atoms with Crippen molar-refractivity contribution in [1.82, 2.24) is 14.4 Å². The molecule has 2 aromatic heterocycles. The Morgan fingerprint density at radius 2 is 2.46 bits per heavy atom. The molecule has 0 aromatic carbocycles. The molecule has 0 bridgehead atoms. The molecule has 0 amide bonds. The molecule has 0 radical (unpaired) electrons. The molecule has 68 valence electrons. The van der Waals surface area contributed by atoms with Crippen LogP contribution in [0, 0.1) is 0 Å². The fourth-order valence-electron chi connectivity index (χ4n) is 1.22. The van der Waals surface area contributed by atoms with E-state index in [1.165, 1.54) is 0 Å². The summed E-state index contributed by atoms with van der Waals surface area (Å²) in [6.07, 6.45) is 5.40. The van der Waals surface area contributed by atoms with E-state index in [4.69, 9.17) is 5.73 Å². The Hall–Kier alpha value is -1.78. The van der Waals surface area contributed by atoms with Gasteiger partial charge in [0.2, 0.25) is 0 Å². The zero-order valence-corrected chi connectivity index (χ0v) is 7.36. The lowest BCUT2D eigenvalue weighted by atomic mass is 10.5. The van der Waals surface area contributed by atoms with E-state index in [0.29, 0.717) is 11.5 Å². The Bertz CT molecular complexity index is 419. The van der Waals surface area contributed by atoms with E-state index in [2.05, 4.69) is 15.3 Å². The van der Waals surface area contributed by atoms with Crippen molar-refractivity contribution in [2.24, 2.45) is 0 Å². The van der Waals surface area contributed by atoms with E-state index in [1.54, 1.807) is 6.20 Å². The highest BCUT2D eigenvalue weighted by Crippen LogP contribution is 2.12. The van der Waals surface area contributed by atoms with Crippen LogP contribution >= 0.6 is 0 Å². The first-order valence-electron chi connectivity index (χ1n) is 4.14. The topological polar surface area (TPSA) is 68.2 Å². The molecule has 2 heterocycles. The molecule has 2 aromatic rings. The van der Waals surface area contributed by atoms with Crippen molar-refractivity contribution < 1.29 is 0 Å². The SMILES string of the molecule is CCNc1cn2ccnc2c(N)n1. The van der Waals surface area contributed by atoms with Crippen LogP contribution in [0.4, 0.5) is 11.6 Å². The quantitative estimate of drug-likeness (QED) is 0.710. The Kier molecular flexibility index (Phi) is 1.77. The number of hydrogen-bond donors (Lipinski definition) is 2. The molecule has 0 saturated carbocycles. The number of nitrogens with zero attached hydrogens (tertiary/aromatic N) is 3. The molecule has 13 heavy (non-hydrogen) atoms. The number of nitrogen functional groups attached to an aromatic ring is 1. The van der Waals surface area contributed by atoms with Gasteiger partial charge >= 0.3 is 0 Å². The van der Waals surface area contributed by atoms with Crippen LogP contribution < -0.4 is 11.1 Å². The lowest BCUT2D eigenvalue weighted by Gasteiger charge is -2.04. The largest absolute Gasteiger partial charge is 0.381 e. The van der Waals surface area contributed by atoms with Gasteiger partial charge in [0.05, 0.1) is 6.20 Å². The maximum Gasteiger partial charge on any atom is 0.179 e. The van der Waals surface area contributed by atoms with E-state index in [-0.39, 0.29) is 0 Å². The molecule has 3 N–H and O–H groups in total. The highest BCUT2D eigenvalue weighted by Gasteiger charge is 2.02. The molecule has 5 heteroatoms. The summed E-state index contributed by atoms with van der Waals surface area (Å²) in [7, 11) is 0. The van der Waals surface area contributed by atoms with Crippen molar-refractivity contribution >= 4 is 17.3 Å². The minimum absolute atomic E-state index is 0.448. The number of hydrogen-bond acceptors (Lipinski definition) is 4. The molecule has 0 aliphatic rings. The van der Waals surface area contributed by atoms with Gasteiger partial charge in [-0.3, -0.25) is 0 Å². The van der Waals surface area contributed by atoms with Gasteiger partial charge in [0.25, 0.3) is 0 Å². The summed E-state index contributed by atoms with van der Waals surface area (Å²) >= 11 is 0. The van der Waals surface area contributed by atoms with E-state index in [9.17, 15) is 0 Å². The third kappa shape index (κ3) is 1.28. The minimum atomic E-state index is 0.448. The highest BCUT2D eigenvalue weighted by atomic mass is 15.1. The Labute approximate surface area is 75.6 Å². The van der Waals surface area contributed by atoms with Crippen LogP contribution in [0.25, 0.3) is 5.65 Å². The molecule has 0 unspecified atom stereocenters. The fourth-order valence-corrected chi connectivity index (χ4v) is 1.22. The number of fused-ring (bicyclic) bond motifs is 1. The normalized spacial score (nSPS) is 10.5. The first kappa shape index (κ1) is 7.85. The Morgan fingerprint density at radius 3 is 3.23 bits per heavy atom. The second kappa shape index (κ2) is 2.93. The molecule has 0 aliphatic carbocycles. The molecule has 0 aliphatic heterocycles. The van der Waals surface area contributed by atoms with E-state index in [1.807, 2.05) is 23.7 Å². The van der Waals surface area contributed by atoms with Crippen LogP contribution in [-0.2, 0) is 0 Å². The molecule has 2 rings (SSSR count). The third-order valence-electron chi connectivity index (χ3n) is 1.76. The lowest BCUT2D eigenvalue weighted by molar-refractivity contribution is 1.09. The number of nitrogens with one attached hydrogen (secondary N) is 1. The Balaban J connectivity index is 2.56. The molecule has 0 fully saturated rings. The van der Waals surface area contributed by atoms with Gasteiger partial charge in [-0.15, -0.1) is 0 Å². The summed E-state index contributed by atoms with van der Waals surface area (Å²) in [6, 6.07) is 0. The van der Waals surface area contributed by atoms with Crippen LogP contribution in [-0.4, -0.2) is 20.9 Å². The van der Waals surface area contributed by atoms with Crippen LogP contribution in [0.3, 0.4) is 0 Å². The smallest absolute Gasteiger partial charge is 0.179 e. The second-order valence-corrected chi connectivity index (χ2v) is 2.70. The van der Waals surface area contributed by atoms with Gasteiger partial charge in [0.1, 0.15) is 5.82 Å². The van der Waals surface area contributed by atoms with E-state index >= 15 is 0 Å². The average Bonchev–Trinajstić information content (AvgIpc) is 2.53. The average molecular weight is 177 g/mol. The zero-order chi connectivity index (χ0) is 9.26. The van der Waals surface area contributed by atoms with Gasteiger partial charge in [-0.2, -0.15) is 0 Å². The lowest BCUT2D eigenvalue weighted by Crippen LogP contribution is -2.04. The molecule has 5 nitrogen and oxygen atoms in total. The van der Waals surface area contributed by atoms with Crippen LogP contribution in [0.15, 0.2) is 18.6 Å². The number of nitrogens with two attached hydrogens (primary N) is 1. The van der Waals surface area contributed by atoms with Gasteiger partial charge in [-0.05, 0) is 6.92 Å². The molecular formula is C8H11N5. The van der Waals surface area contributed by atoms with Crippen molar-refractivity contribution in [3.63, 3.8) is 0 Å². The maximum absolute atomic E-state index is 5.70. The minimum Gasteiger partial charge on any atom is -0.381 e. The number of aromatic nitrogens is 3. The van der Waals surface area contributed by atoms with Crippen LogP contribution in [0.1, 0.15) is 6.92 Å². The monoisotopic (exact) mass is 177 g/mol. The number of imidazole rings is 1. The number of rotatable bonds is 2. The maximum atomic E-state index is 5.70. The summed E-state index contributed by atoms with van der Waals surface area (Å²) in [6.45, 7) is 2.84. The first-order chi connectivity index (χ1) is 6.31. The standard InChI is InChI=1S/C8H11N5/c1-2-10-6-5-13-4-3-11-8(13)7(9)12-6/h3-5,10H,2H2,1H3,(H2,9,12). The van der Waals surface area contributed by atoms with Crippen molar-refractivity contribution in [3.8, 4) is 0 Å². The van der Waals surface area contributed by atoms with Gasteiger partial charge in [-0.1, -0.05) is 0 Å². The summed E-state index contributed by atoms with van der Waals surface area (Å²) in [5, 5.41) is 3.09. The van der Waals surface area contributed by atoms with Gasteiger partial charge < -0.3 is 15.5 Å². The highest BCUT2D eigenvalue weighted by molar-refractivity contribution is 5.62. The summed E-state index contributed by atoms with van der Waals surface area (Å²) < 4.78 is 1.85. The molecule has 0 spiro atoms. The zero-order valence-electron chi connectivity index (χ0n) is 7.36. The molecule has 0 atom stereocenters. The predicted molar refractivity (Wildman–Crippen MR) is 51.6 cm³/mol. The van der Waals surface area contributed by atoms with Crippen molar-refractivity contribution in [2.75, 3.05) is 17.6 Å². The van der Waals surface area contributed by atoms with Gasteiger partial charge in [0, 0.05) is 18.9 Å². The summed E-state index contributed by atoms with van der Waals surface area (Å²) in [5.74, 6) is 1.22. The Morgan fingerprint density at radius 1 is 1.62 bits per heavy atom. The van der Waals surface area contributed by atoms with E-state index in [0.717, 1.165) is 12.4 Å². The predicted octanol–water partition coefficient (Wildman–Crippen LogP) is 0.743. The summed E-state index contributed by atoms with van der Waals surface area (Å²) in [5.41, 5.74) is 6.39. The summed E-state index contributed by atoms with van der Waals surface area (Å²) in [4.78, 5) is 8.21. The van der Waals surface area contributed by atoms with Gasteiger partial charge in [-0.25, -0.2) is 9.97 Å². The molecule has 0 saturated heterocycles. The molecular weight excluding hydrogens is 166 g/mol. The van der Waals surface area contributed by atoms with Gasteiger partial charge in [0.15, 0.2) is 11.5 Å². The van der Waals surface area contributed by atoms with Crippen molar-refractivity contribution in [2.45, 2.75) is 6.92 Å².